The van der Waals surface area contributed by atoms with Crippen molar-refractivity contribution in [1.82, 2.24) is 9.88 Å². The van der Waals surface area contributed by atoms with E-state index in [1.807, 2.05) is 4.90 Å². The van der Waals surface area contributed by atoms with Crippen LogP contribution in [0.4, 0.5) is 0 Å². The van der Waals surface area contributed by atoms with E-state index in [-0.39, 0.29) is 23.2 Å². The summed E-state index contributed by atoms with van der Waals surface area (Å²) >= 11 is 0. The third-order valence-electron chi connectivity index (χ3n) is 3.80. The molecule has 21 heavy (non-hydrogen) atoms. The molecule has 1 aromatic rings. The molecule has 5 heteroatoms. The van der Waals surface area contributed by atoms with Gasteiger partial charge in [0.2, 0.25) is 0 Å². The number of likely N-dealkylation sites (tertiary alicyclic amines) is 1. The molecule has 2 heterocycles. The minimum Gasteiger partial charge on any atom is -0.478 e. The summed E-state index contributed by atoms with van der Waals surface area (Å²) in [5, 5.41) is 9.10. The molecule has 1 atom stereocenters. The van der Waals surface area contributed by atoms with E-state index in [2.05, 4.69) is 18.8 Å². The quantitative estimate of drug-likeness (QED) is 0.925. The van der Waals surface area contributed by atoms with Gasteiger partial charge in [-0.3, -0.25) is 4.79 Å². The van der Waals surface area contributed by atoms with E-state index >= 15 is 0 Å². The number of rotatable bonds is 4. The highest BCUT2D eigenvalue weighted by molar-refractivity contribution is 5.96. The number of aromatic carboxylic acids is 1. The van der Waals surface area contributed by atoms with Crippen molar-refractivity contribution in [2.45, 2.75) is 46.1 Å². The number of carboxylic acids is 1. The van der Waals surface area contributed by atoms with Gasteiger partial charge in [0.25, 0.3) is 5.91 Å². The summed E-state index contributed by atoms with van der Waals surface area (Å²) in [5.41, 5.74) is 0.909. The summed E-state index contributed by atoms with van der Waals surface area (Å²) in [7, 11) is 0. The van der Waals surface area contributed by atoms with E-state index < -0.39 is 5.97 Å². The molecular formula is C16H22N2O3. The fourth-order valence-corrected chi connectivity index (χ4v) is 2.94. The molecule has 1 aliphatic heterocycles. The average molecular weight is 290 g/mol. The topological polar surface area (TPSA) is 70.5 Å². The minimum absolute atomic E-state index is 0.116. The van der Waals surface area contributed by atoms with Crippen LogP contribution in [0.2, 0.25) is 0 Å². The van der Waals surface area contributed by atoms with Crippen LogP contribution in [0.15, 0.2) is 12.1 Å². The van der Waals surface area contributed by atoms with Gasteiger partial charge in [0.05, 0.1) is 5.56 Å². The Morgan fingerprint density at radius 2 is 2.14 bits per heavy atom. The van der Waals surface area contributed by atoms with Crippen molar-refractivity contribution in [3.63, 3.8) is 0 Å². The highest BCUT2D eigenvalue weighted by Crippen LogP contribution is 2.25. The van der Waals surface area contributed by atoms with Crippen LogP contribution in [0.5, 0.6) is 0 Å². The van der Waals surface area contributed by atoms with Crippen LogP contribution in [-0.2, 0) is 0 Å². The molecule has 1 saturated heterocycles. The lowest BCUT2D eigenvalue weighted by molar-refractivity contribution is 0.0696. The van der Waals surface area contributed by atoms with E-state index in [1.165, 1.54) is 12.1 Å². The molecule has 1 aliphatic rings. The number of nitrogens with zero attached hydrogens (tertiary/aromatic N) is 2. The first-order valence-electron chi connectivity index (χ1n) is 7.41. The number of aromatic nitrogens is 1. The van der Waals surface area contributed by atoms with Gasteiger partial charge in [-0.05, 0) is 44.2 Å². The molecule has 0 spiro atoms. The van der Waals surface area contributed by atoms with Crippen molar-refractivity contribution in [1.29, 1.82) is 0 Å². The smallest absolute Gasteiger partial charge is 0.335 e. The van der Waals surface area contributed by atoms with Gasteiger partial charge in [0, 0.05) is 18.3 Å². The Balaban J connectivity index is 2.25. The maximum atomic E-state index is 12.6. The molecule has 0 bridgehead atoms. The first-order chi connectivity index (χ1) is 9.88. The molecule has 0 aromatic carbocycles. The Bertz CT molecular complexity index is 554. The standard InChI is InChI=1S/C16H22N2O3/c1-10(2)7-13-5-4-6-18(13)15(19)14-9-12(16(20)21)8-11(3)17-14/h8-10,13H,4-7H2,1-3H3,(H,20,21). The van der Waals surface area contributed by atoms with Crippen LogP contribution < -0.4 is 0 Å². The van der Waals surface area contributed by atoms with Crippen LogP contribution in [0.3, 0.4) is 0 Å². The van der Waals surface area contributed by atoms with Gasteiger partial charge >= 0.3 is 5.97 Å². The highest BCUT2D eigenvalue weighted by atomic mass is 16.4. The second-order valence-corrected chi connectivity index (χ2v) is 6.11. The predicted octanol–water partition coefficient (Wildman–Crippen LogP) is 2.74. The summed E-state index contributed by atoms with van der Waals surface area (Å²) in [6.07, 6.45) is 2.99. The molecule has 0 aliphatic carbocycles. The van der Waals surface area contributed by atoms with Crippen molar-refractivity contribution in [2.75, 3.05) is 6.54 Å². The van der Waals surface area contributed by atoms with Crippen molar-refractivity contribution in [3.8, 4) is 0 Å². The maximum Gasteiger partial charge on any atom is 0.335 e. The van der Waals surface area contributed by atoms with Crippen molar-refractivity contribution >= 4 is 11.9 Å². The first kappa shape index (κ1) is 15.5. The summed E-state index contributed by atoms with van der Waals surface area (Å²) < 4.78 is 0. The fraction of sp³-hybridized carbons (Fsp3) is 0.562. The van der Waals surface area contributed by atoms with Gasteiger partial charge in [0.15, 0.2) is 0 Å². The Morgan fingerprint density at radius 1 is 1.43 bits per heavy atom. The van der Waals surface area contributed by atoms with Crippen LogP contribution in [-0.4, -0.2) is 39.5 Å². The zero-order chi connectivity index (χ0) is 15.6. The maximum absolute atomic E-state index is 12.6. The van der Waals surface area contributed by atoms with Gasteiger partial charge in [-0.25, -0.2) is 9.78 Å². The normalized spacial score (nSPS) is 18.3. The fourth-order valence-electron chi connectivity index (χ4n) is 2.94. The van der Waals surface area contributed by atoms with Gasteiger partial charge in [-0.1, -0.05) is 13.8 Å². The number of aryl methyl sites for hydroxylation is 1. The number of carbonyl (C=O) groups excluding carboxylic acids is 1. The third-order valence-corrected chi connectivity index (χ3v) is 3.80. The van der Waals surface area contributed by atoms with E-state index in [0.717, 1.165) is 25.8 Å². The molecule has 1 N–H and O–H groups in total. The SMILES string of the molecule is Cc1cc(C(=O)O)cc(C(=O)N2CCCC2CC(C)C)n1. The number of carboxylic acid groups (broad SMARTS) is 1. The Morgan fingerprint density at radius 3 is 2.76 bits per heavy atom. The molecule has 1 amide bonds. The minimum atomic E-state index is -1.03. The second kappa shape index (κ2) is 6.24. The molecule has 2 rings (SSSR count). The number of pyridine rings is 1. The Hall–Kier alpha value is -1.91. The summed E-state index contributed by atoms with van der Waals surface area (Å²) in [6, 6.07) is 3.10. The van der Waals surface area contributed by atoms with Crippen LogP contribution >= 0.6 is 0 Å². The molecule has 1 unspecified atom stereocenters. The van der Waals surface area contributed by atoms with Gasteiger partial charge in [0.1, 0.15) is 5.69 Å². The van der Waals surface area contributed by atoms with Gasteiger partial charge < -0.3 is 10.0 Å². The van der Waals surface area contributed by atoms with E-state index in [1.54, 1.807) is 6.92 Å². The number of carbonyl (C=O) groups is 2. The van der Waals surface area contributed by atoms with Gasteiger partial charge in [-0.15, -0.1) is 0 Å². The number of hydrogen-bond acceptors (Lipinski definition) is 3. The van der Waals surface area contributed by atoms with E-state index in [9.17, 15) is 9.59 Å². The van der Waals surface area contributed by atoms with Crippen LogP contribution in [0.25, 0.3) is 0 Å². The Kier molecular flexibility index (Phi) is 4.60. The molecular weight excluding hydrogens is 268 g/mol. The first-order valence-corrected chi connectivity index (χ1v) is 7.41. The zero-order valence-electron chi connectivity index (χ0n) is 12.8. The lowest BCUT2D eigenvalue weighted by atomic mass is 10.0. The molecule has 5 nitrogen and oxygen atoms in total. The zero-order valence-corrected chi connectivity index (χ0v) is 12.8. The molecule has 1 fully saturated rings. The third kappa shape index (κ3) is 3.60. The lowest BCUT2D eigenvalue weighted by Crippen LogP contribution is -2.37. The summed E-state index contributed by atoms with van der Waals surface area (Å²) in [5.74, 6) is -0.650. The predicted molar refractivity (Wildman–Crippen MR) is 79.4 cm³/mol. The molecule has 0 radical (unpaired) electrons. The summed E-state index contributed by atoms with van der Waals surface area (Å²) in [4.78, 5) is 29.8. The van der Waals surface area contributed by atoms with Crippen molar-refractivity contribution in [2.24, 2.45) is 5.92 Å². The average Bonchev–Trinajstić information content (AvgIpc) is 2.84. The van der Waals surface area contributed by atoms with Crippen molar-refractivity contribution < 1.29 is 14.7 Å². The summed E-state index contributed by atoms with van der Waals surface area (Å²) in [6.45, 7) is 6.73. The van der Waals surface area contributed by atoms with Gasteiger partial charge in [-0.2, -0.15) is 0 Å². The molecule has 114 valence electrons. The molecule has 1 aromatic heterocycles. The van der Waals surface area contributed by atoms with E-state index in [4.69, 9.17) is 5.11 Å². The molecule has 0 saturated carbocycles. The second-order valence-electron chi connectivity index (χ2n) is 6.11. The van der Waals surface area contributed by atoms with Crippen molar-refractivity contribution in [3.05, 3.63) is 29.1 Å². The monoisotopic (exact) mass is 290 g/mol. The number of amides is 1. The van der Waals surface area contributed by atoms with E-state index in [0.29, 0.717) is 11.6 Å². The highest BCUT2D eigenvalue weighted by Gasteiger charge is 2.30. The lowest BCUT2D eigenvalue weighted by Gasteiger charge is -2.26. The Labute approximate surface area is 125 Å². The largest absolute Gasteiger partial charge is 0.478 e. The number of hydrogen-bond donors (Lipinski definition) is 1. The van der Waals surface area contributed by atoms with Crippen LogP contribution in [0.1, 0.15) is 59.7 Å². The van der Waals surface area contributed by atoms with Crippen LogP contribution in [0, 0.1) is 12.8 Å².